The van der Waals surface area contributed by atoms with Crippen molar-refractivity contribution in [2.24, 2.45) is 0 Å². The molecule has 32 heavy (non-hydrogen) atoms. The molecule has 0 amide bonds. The Kier molecular flexibility index (Phi) is 6.27. The minimum Gasteiger partial charge on any atom is -0.497 e. The van der Waals surface area contributed by atoms with Crippen molar-refractivity contribution in [1.82, 2.24) is 0 Å². The lowest BCUT2D eigenvalue weighted by Gasteiger charge is -2.36. The monoisotopic (exact) mass is 463 g/mol. The van der Waals surface area contributed by atoms with Crippen LogP contribution < -0.4 is 14.2 Å². The van der Waals surface area contributed by atoms with Crippen molar-refractivity contribution in [1.29, 1.82) is 0 Å². The van der Waals surface area contributed by atoms with Crippen molar-refractivity contribution in [3.8, 4) is 11.5 Å². The summed E-state index contributed by atoms with van der Waals surface area (Å²) in [5.74, 6) is 0.610. The zero-order valence-corrected chi connectivity index (χ0v) is 18.5. The summed E-state index contributed by atoms with van der Waals surface area (Å²) in [7, 11) is -0.982. The summed E-state index contributed by atoms with van der Waals surface area (Å²) in [6.07, 6.45) is -0.907. The predicted octanol–water partition coefficient (Wildman–Crippen LogP) is 2.05. The van der Waals surface area contributed by atoms with Gasteiger partial charge in [-0.05, 0) is 48.9 Å². The molecule has 0 aliphatic carbocycles. The van der Waals surface area contributed by atoms with Crippen LogP contribution in [0, 0.1) is 0 Å². The van der Waals surface area contributed by atoms with E-state index in [0.29, 0.717) is 23.6 Å². The van der Waals surface area contributed by atoms with Crippen LogP contribution in [0.25, 0.3) is 0 Å². The Labute approximate surface area is 186 Å². The van der Waals surface area contributed by atoms with Crippen LogP contribution in [0.3, 0.4) is 0 Å². The lowest BCUT2D eigenvalue weighted by molar-refractivity contribution is -0.156. The van der Waals surface area contributed by atoms with Crippen LogP contribution in [0.2, 0.25) is 0 Å². The molecule has 4 atom stereocenters. The molecule has 1 fully saturated rings. The maximum atomic E-state index is 12.8. The van der Waals surface area contributed by atoms with Crippen LogP contribution in [-0.2, 0) is 24.3 Å². The van der Waals surface area contributed by atoms with Gasteiger partial charge >= 0.3 is 5.97 Å². The number of anilines is 1. The number of fused-ring (bicyclic) bond motifs is 3. The Bertz CT molecular complexity index is 1090. The third kappa shape index (κ3) is 4.38. The summed E-state index contributed by atoms with van der Waals surface area (Å²) in [6, 6.07) is 11.1. The van der Waals surface area contributed by atoms with Crippen LogP contribution in [-0.4, -0.2) is 58.6 Å². The topological polar surface area (TPSA) is 120 Å². The molecule has 0 saturated carbocycles. The Morgan fingerprint density at radius 1 is 1.19 bits per heavy atom. The van der Waals surface area contributed by atoms with Gasteiger partial charge in [-0.2, -0.15) is 0 Å². The molecule has 2 N–H and O–H groups in total. The van der Waals surface area contributed by atoms with Gasteiger partial charge in [0.1, 0.15) is 23.7 Å². The van der Waals surface area contributed by atoms with Gasteiger partial charge in [0.15, 0.2) is 0 Å². The van der Waals surface area contributed by atoms with E-state index in [1.54, 1.807) is 30.3 Å². The highest BCUT2D eigenvalue weighted by Gasteiger charge is 2.46. The SMILES string of the molecule is COC(=O)C[C@H]1C[C@@H]2c3cc(NS(=O)(=O)c4ccc(OC)cc4)ccc3O[C@@H]2[C@H](CO)O1. The fourth-order valence-corrected chi connectivity index (χ4v) is 5.24. The van der Waals surface area contributed by atoms with E-state index in [9.17, 15) is 18.3 Å². The lowest BCUT2D eigenvalue weighted by Crippen LogP contribution is -2.46. The fraction of sp³-hybridized carbons (Fsp3) is 0.409. The largest absolute Gasteiger partial charge is 0.497 e. The third-order valence-electron chi connectivity index (χ3n) is 5.74. The van der Waals surface area contributed by atoms with Gasteiger partial charge in [0, 0.05) is 17.2 Å². The van der Waals surface area contributed by atoms with E-state index in [1.807, 2.05) is 0 Å². The highest BCUT2D eigenvalue weighted by molar-refractivity contribution is 7.92. The van der Waals surface area contributed by atoms with Gasteiger partial charge in [-0.1, -0.05) is 0 Å². The average Bonchev–Trinajstić information content (AvgIpc) is 3.16. The first-order valence-electron chi connectivity index (χ1n) is 10.1. The molecule has 2 aromatic carbocycles. The molecule has 4 rings (SSSR count). The highest BCUT2D eigenvalue weighted by atomic mass is 32.2. The maximum Gasteiger partial charge on any atom is 0.308 e. The molecular weight excluding hydrogens is 438 g/mol. The molecule has 172 valence electrons. The number of carbonyl (C=O) groups is 1. The number of rotatable bonds is 7. The first-order valence-corrected chi connectivity index (χ1v) is 11.6. The van der Waals surface area contributed by atoms with E-state index in [4.69, 9.17) is 18.9 Å². The summed E-state index contributed by atoms with van der Waals surface area (Å²) >= 11 is 0. The van der Waals surface area contributed by atoms with Crippen LogP contribution >= 0.6 is 0 Å². The Morgan fingerprint density at radius 2 is 1.94 bits per heavy atom. The first kappa shape index (κ1) is 22.4. The van der Waals surface area contributed by atoms with Crippen molar-refractivity contribution in [2.75, 3.05) is 25.5 Å². The number of esters is 1. The minimum absolute atomic E-state index is 0.0648. The quantitative estimate of drug-likeness (QED) is 0.599. The fourth-order valence-electron chi connectivity index (χ4n) is 4.19. The van der Waals surface area contributed by atoms with Crippen LogP contribution in [0.1, 0.15) is 24.3 Å². The van der Waals surface area contributed by atoms with Gasteiger partial charge in [-0.3, -0.25) is 9.52 Å². The number of hydrogen-bond acceptors (Lipinski definition) is 8. The molecule has 0 bridgehead atoms. The van der Waals surface area contributed by atoms with Crippen LogP contribution in [0.5, 0.6) is 11.5 Å². The number of ether oxygens (including phenoxy) is 4. The molecule has 2 aliphatic rings. The summed E-state index contributed by atoms with van der Waals surface area (Å²) in [5, 5.41) is 9.78. The highest BCUT2D eigenvalue weighted by Crippen LogP contribution is 2.47. The van der Waals surface area contributed by atoms with Crippen LogP contribution in [0.4, 0.5) is 5.69 Å². The van der Waals surface area contributed by atoms with Gasteiger partial charge in [0.05, 0.1) is 38.2 Å². The third-order valence-corrected chi connectivity index (χ3v) is 7.14. The maximum absolute atomic E-state index is 12.8. The molecule has 2 aliphatic heterocycles. The number of benzene rings is 2. The number of carbonyl (C=O) groups excluding carboxylic acids is 1. The molecule has 0 radical (unpaired) electrons. The van der Waals surface area contributed by atoms with Crippen molar-refractivity contribution in [3.63, 3.8) is 0 Å². The Balaban J connectivity index is 1.57. The summed E-state index contributed by atoms with van der Waals surface area (Å²) in [4.78, 5) is 11.8. The van der Waals surface area contributed by atoms with Gasteiger partial charge in [0.2, 0.25) is 0 Å². The first-order chi connectivity index (χ1) is 15.3. The van der Waals surface area contributed by atoms with Gasteiger partial charge in [-0.25, -0.2) is 8.42 Å². The van der Waals surface area contributed by atoms with E-state index in [1.165, 1.54) is 26.4 Å². The summed E-state index contributed by atoms with van der Waals surface area (Å²) in [5.41, 5.74) is 1.20. The second-order valence-corrected chi connectivity index (χ2v) is 9.40. The van der Waals surface area contributed by atoms with E-state index in [-0.39, 0.29) is 23.8 Å². The second kappa shape index (κ2) is 8.97. The standard InChI is InChI=1S/C22H25NO8S/c1-28-14-4-6-16(7-5-14)32(26,27)23-13-3-8-19-17(9-13)18-10-15(11-21(25)29-2)30-20(12-24)22(18)31-19/h3-9,15,18,20,22-24H,10-12H2,1-2H3/t15-,18-,20+,22+/m1/s1. The predicted molar refractivity (Wildman–Crippen MR) is 114 cm³/mol. The average molecular weight is 464 g/mol. The minimum atomic E-state index is -3.80. The number of aliphatic hydroxyl groups is 1. The van der Waals surface area contributed by atoms with Crippen molar-refractivity contribution in [2.45, 2.75) is 42.0 Å². The molecular formula is C22H25NO8S. The zero-order valence-electron chi connectivity index (χ0n) is 17.7. The number of aliphatic hydroxyl groups excluding tert-OH is 1. The normalized spacial score (nSPS) is 24.1. The Hall–Kier alpha value is -2.82. The molecule has 1 saturated heterocycles. The van der Waals surface area contributed by atoms with Crippen LogP contribution in [0.15, 0.2) is 47.4 Å². The van der Waals surface area contributed by atoms with Gasteiger partial charge < -0.3 is 24.1 Å². The Morgan fingerprint density at radius 3 is 2.59 bits per heavy atom. The van der Waals surface area contributed by atoms with Crippen molar-refractivity contribution < 1.29 is 37.3 Å². The molecule has 10 heteroatoms. The summed E-state index contributed by atoms with van der Waals surface area (Å²) < 4.78 is 49.8. The molecule has 2 heterocycles. The number of sulfonamides is 1. The number of methoxy groups -OCH3 is 2. The lowest BCUT2D eigenvalue weighted by atomic mass is 9.84. The van der Waals surface area contributed by atoms with Gasteiger partial charge in [-0.15, -0.1) is 0 Å². The second-order valence-electron chi connectivity index (χ2n) is 7.72. The molecule has 0 spiro atoms. The molecule has 0 aromatic heterocycles. The zero-order chi connectivity index (χ0) is 22.9. The van der Waals surface area contributed by atoms with E-state index < -0.39 is 34.3 Å². The van der Waals surface area contributed by atoms with E-state index >= 15 is 0 Å². The van der Waals surface area contributed by atoms with Crippen molar-refractivity contribution in [3.05, 3.63) is 48.0 Å². The number of hydrogen-bond donors (Lipinski definition) is 2. The molecule has 2 aromatic rings. The van der Waals surface area contributed by atoms with E-state index in [2.05, 4.69) is 4.72 Å². The van der Waals surface area contributed by atoms with Gasteiger partial charge in [0.25, 0.3) is 10.0 Å². The van der Waals surface area contributed by atoms with E-state index in [0.717, 1.165) is 5.56 Å². The molecule has 0 unspecified atom stereocenters. The molecule has 9 nitrogen and oxygen atoms in total. The summed E-state index contributed by atoms with van der Waals surface area (Å²) in [6.45, 7) is -0.260. The number of nitrogens with one attached hydrogen (secondary N) is 1. The smallest absolute Gasteiger partial charge is 0.308 e. The van der Waals surface area contributed by atoms with Crippen molar-refractivity contribution >= 4 is 21.7 Å².